The molecular formula is C14H17NO. The summed E-state index contributed by atoms with van der Waals surface area (Å²) < 4.78 is 5.94. The van der Waals surface area contributed by atoms with Gasteiger partial charge in [0.25, 0.3) is 0 Å². The van der Waals surface area contributed by atoms with Crippen molar-refractivity contribution < 1.29 is 4.74 Å². The first-order valence-electron chi connectivity index (χ1n) is 5.97. The van der Waals surface area contributed by atoms with Crippen molar-refractivity contribution >= 4 is 0 Å². The lowest BCUT2D eigenvalue weighted by atomic mass is 9.97. The van der Waals surface area contributed by atoms with Crippen LogP contribution in [-0.4, -0.2) is 6.10 Å². The summed E-state index contributed by atoms with van der Waals surface area (Å²) in [5, 5.41) is 9.10. The minimum Gasteiger partial charge on any atom is -0.489 e. The van der Waals surface area contributed by atoms with Crippen LogP contribution in [0.25, 0.3) is 0 Å². The van der Waals surface area contributed by atoms with Crippen LogP contribution in [-0.2, 0) is 0 Å². The molecule has 1 saturated carbocycles. The third-order valence-corrected chi connectivity index (χ3v) is 3.19. The molecular weight excluding hydrogens is 198 g/mol. The number of nitriles is 1. The predicted molar refractivity (Wildman–Crippen MR) is 63.4 cm³/mol. The fraction of sp³-hybridized carbons (Fsp3) is 0.500. The molecule has 0 unspecified atom stereocenters. The highest BCUT2D eigenvalue weighted by atomic mass is 16.5. The van der Waals surface area contributed by atoms with Crippen molar-refractivity contribution in [3.63, 3.8) is 0 Å². The van der Waals surface area contributed by atoms with E-state index >= 15 is 0 Å². The van der Waals surface area contributed by atoms with Gasteiger partial charge in [-0.25, -0.2) is 0 Å². The molecule has 0 bridgehead atoms. The van der Waals surface area contributed by atoms with Gasteiger partial charge in [-0.1, -0.05) is 18.6 Å². The van der Waals surface area contributed by atoms with Gasteiger partial charge in [-0.15, -0.1) is 0 Å². The minimum absolute atomic E-state index is 0.308. The van der Waals surface area contributed by atoms with E-state index in [1.165, 1.54) is 19.3 Å². The standard InChI is InChI=1S/C14H17NO/c1-11-6-5-9-14(13(11)10-15)16-12-7-3-2-4-8-12/h5-6,9,12H,2-4,7-8H2,1H3. The average molecular weight is 215 g/mol. The Kier molecular flexibility index (Phi) is 3.46. The Morgan fingerprint density at radius 3 is 2.69 bits per heavy atom. The van der Waals surface area contributed by atoms with Gasteiger partial charge in [0.2, 0.25) is 0 Å². The topological polar surface area (TPSA) is 33.0 Å². The van der Waals surface area contributed by atoms with Crippen molar-refractivity contribution in [1.82, 2.24) is 0 Å². The van der Waals surface area contributed by atoms with E-state index in [0.717, 1.165) is 24.2 Å². The van der Waals surface area contributed by atoms with Crippen LogP contribution in [0, 0.1) is 18.3 Å². The van der Waals surface area contributed by atoms with Crippen LogP contribution < -0.4 is 4.74 Å². The number of rotatable bonds is 2. The first kappa shape index (κ1) is 11.0. The molecule has 1 aromatic carbocycles. The van der Waals surface area contributed by atoms with E-state index in [1.54, 1.807) is 0 Å². The molecule has 1 aromatic rings. The first-order chi connectivity index (χ1) is 7.81. The fourth-order valence-electron chi connectivity index (χ4n) is 2.24. The predicted octanol–water partition coefficient (Wildman–Crippen LogP) is 3.58. The third kappa shape index (κ3) is 2.36. The van der Waals surface area contributed by atoms with Gasteiger partial charge < -0.3 is 4.74 Å². The van der Waals surface area contributed by atoms with Gasteiger partial charge in [0.05, 0.1) is 11.7 Å². The van der Waals surface area contributed by atoms with Gasteiger partial charge in [-0.3, -0.25) is 0 Å². The number of nitrogens with zero attached hydrogens (tertiary/aromatic N) is 1. The highest BCUT2D eigenvalue weighted by molar-refractivity contribution is 5.48. The minimum atomic E-state index is 0.308. The summed E-state index contributed by atoms with van der Waals surface area (Å²) >= 11 is 0. The summed E-state index contributed by atoms with van der Waals surface area (Å²) in [5.74, 6) is 0.759. The van der Waals surface area contributed by atoms with Gasteiger partial charge >= 0.3 is 0 Å². The average Bonchev–Trinajstić information content (AvgIpc) is 2.31. The molecule has 0 spiro atoms. The van der Waals surface area contributed by atoms with Gasteiger partial charge in [-0.05, 0) is 44.2 Å². The Balaban J connectivity index is 2.14. The van der Waals surface area contributed by atoms with Crippen LogP contribution in [0.5, 0.6) is 5.75 Å². The molecule has 0 N–H and O–H groups in total. The zero-order valence-electron chi connectivity index (χ0n) is 9.70. The lowest BCUT2D eigenvalue weighted by Gasteiger charge is -2.23. The molecule has 0 aliphatic heterocycles. The van der Waals surface area contributed by atoms with Crippen LogP contribution in [0.15, 0.2) is 18.2 Å². The van der Waals surface area contributed by atoms with Crippen molar-refractivity contribution in [1.29, 1.82) is 5.26 Å². The quantitative estimate of drug-likeness (QED) is 0.755. The van der Waals surface area contributed by atoms with E-state index in [1.807, 2.05) is 25.1 Å². The number of hydrogen-bond donors (Lipinski definition) is 0. The van der Waals surface area contributed by atoms with Crippen molar-refractivity contribution in [2.45, 2.75) is 45.1 Å². The third-order valence-electron chi connectivity index (χ3n) is 3.19. The van der Waals surface area contributed by atoms with E-state index in [9.17, 15) is 0 Å². The molecule has 2 nitrogen and oxygen atoms in total. The normalized spacial score (nSPS) is 16.8. The van der Waals surface area contributed by atoms with E-state index < -0.39 is 0 Å². The summed E-state index contributed by atoms with van der Waals surface area (Å²) in [6.45, 7) is 1.95. The van der Waals surface area contributed by atoms with Crippen LogP contribution in [0.2, 0.25) is 0 Å². The van der Waals surface area contributed by atoms with E-state index in [0.29, 0.717) is 11.7 Å². The number of benzene rings is 1. The van der Waals surface area contributed by atoms with Gasteiger partial charge in [0.15, 0.2) is 0 Å². The van der Waals surface area contributed by atoms with E-state index in [4.69, 9.17) is 10.00 Å². The zero-order valence-corrected chi connectivity index (χ0v) is 9.70. The summed E-state index contributed by atoms with van der Waals surface area (Å²) in [5.41, 5.74) is 1.68. The Labute approximate surface area is 96.9 Å². The lowest BCUT2D eigenvalue weighted by molar-refractivity contribution is 0.154. The Morgan fingerprint density at radius 2 is 2.00 bits per heavy atom. The maximum absolute atomic E-state index is 9.10. The summed E-state index contributed by atoms with van der Waals surface area (Å²) in [7, 11) is 0. The van der Waals surface area contributed by atoms with E-state index in [-0.39, 0.29) is 0 Å². The molecule has 0 saturated heterocycles. The largest absolute Gasteiger partial charge is 0.489 e. The molecule has 84 valence electrons. The molecule has 2 heteroatoms. The Hall–Kier alpha value is -1.49. The highest BCUT2D eigenvalue weighted by Gasteiger charge is 2.16. The van der Waals surface area contributed by atoms with Gasteiger partial charge in [-0.2, -0.15) is 5.26 Å². The molecule has 1 fully saturated rings. The molecule has 0 amide bonds. The summed E-state index contributed by atoms with van der Waals surface area (Å²) in [6, 6.07) is 8.03. The summed E-state index contributed by atoms with van der Waals surface area (Å²) in [6.07, 6.45) is 6.37. The molecule has 0 aromatic heterocycles. The second-order valence-corrected chi connectivity index (χ2v) is 4.44. The van der Waals surface area contributed by atoms with Crippen molar-refractivity contribution in [2.24, 2.45) is 0 Å². The molecule has 2 rings (SSSR count). The highest BCUT2D eigenvalue weighted by Crippen LogP contribution is 2.27. The number of hydrogen-bond acceptors (Lipinski definition) is 2. The van der Waals surface area contributed by atoms with Crippen molar-refractivity contribution in [2.75, 3.05) is 0 Å². The van der Waals surface area contributed by atoms with E-state index in [2.05, 4.69) is 6.07 Å². The van der Waals surface area contributed by atoms with Crippen LogP contribution >= 0.6 is 0 Å². The van der Waals surface area contributed by atoms with Crippen LogP contribution in [0.3, 0.4) is 0 Å². The molecule has 1 aliphatic rings. The monoisotopic (exact) mass is 215 g/mol. The molecule has 0 radical (unpaired) electrons. The smallest absolute Gasteiger partial charge is 0.137 e. The molecule has 0 atom stereocenters. The van der Waals surface area contributed by atoms with Gasteiger partial charge in [0, 0.05) is 0 Å². The molecule has 0 heterocycles. The fourth-order valence-corrected chi connectivity index (χ4v) is 2.24. The number of aryl methyl sites for hydroxylation is 1. The zero-order chi connectivity index (χ0) is 11.4. The van der Waals surface area contributed by atoms with Crippen molar-refractivity contribution in [3.8, 4) is 11.8 Å². The second-order valence-electron chi connectivity index (χ2n) is 4.44. The maximum Gasteiger partial charge on any atom is 0.137 e. The molecule has 1 aliphatic carbocycles. The second kappa shape index (κ2) is 5.03. The van der Waals surface area contributed by atoms with Gasteiger partial charge in [0.1, 0.15) is 11.8 Å². The maximum atomic E-state index is 9.10. The van der Waals surface area contributed by atoms with Crippen LogP contribution in [0.1, 0.15) is 43.2 Å². The van der Waals surface area contributed by atoms with Crippen LogP contribution in [0.4, 0.5) is 0 Å². The Bertz CT molecular complexity index is 400. The lowest BCUT2D eigenvalue weighted by Crippen LogP contribution is -2.20. The van der Waals surface area contributed by atoms with Crippen molar-refractivity contribution in [3.05, 3.63) is 29.3 Å². The SMILES string of the molecule is Cc1cccc(OC2CCCCC2)c1C#N. The summed E-state index contributed by atoms with van der Waals surface area (Å²) in [4.78, 5) is 0. The number of ether oxygens (including phenoxy) is 1. The molecule has 16 heavy (non-hydrogen) atoms. The first-order valence-corrected chi connectivity index (χ1v) is 5.97. The Morgan fingerprint density at radius 1 is 1.25 bits per heavy atom.